The van der Waals surface area contributed by atoms with E-state index in [-0.39, 0.29) is 11.8 Å². The normalized spacial score (nSPS) is 17.7. The first-order valence-corrected chi connectivity index (χ1v) is 7.21. The Hall–Kier alpha value is -2.36. The van der Waals surface area contributed by atoms with Crippen LogP contribution in [0.25, 0.3) is 10.8 Å². The fourth-order valence-corrected chi connectivity index (χ4v) is 3.07. The Labute approximate surface area is 123 Å². The van der Waals surface area contributed by atoms with Gasteiger partial charge in [-0.05, 0) is 29.3 Å². The molecule has 108 valence electrons. The predicted molar refractivity (Wildman–Crippen MR) is 83.3 cm³/mol. The van der Waals surface area contributed by atoms with E-state index in [1.54, 1.807) is 4.90 Å². The van der Waals surface area contributed by atoms with Gasteiger partial charge in [0.2, 0.25) is 11.8 Å². The van der Waals surface area contributed by atoms with Crippen molar-refractivity contribution in [3.63, 3.8) is 0 Å². The summed E-state index contributed by atoms with van der Waals surface area (Å²) in [4.78, 5) is 25.6. The van der Waals surface area contributed by atoms with Crippen molar-refractivity contribution in [2.75, 3.05) is 11.4 Å². The molecule has 2 aromatic rings. The Morgan fingerprint density at radius 3 is 2.76 bits per heavy atom. The van der Waals surface area contributed by atoms with Crippen molar-refractivity contribution in [2.45, 2.75) is 26.3 Å². The minimum absolute atomic E-state index is 0.0320. The van der Waals surface area contributed by atoms with Crippen molar-refractivity contribution in [2.24, 2.45) is 0 Å². The molecule has 1 atom stereocenters. The number of likely N-dealkylation sites (N-methyl/N-ethyl adjacent to an activating group) is 1. The van der Waals surface area contributed by atoms with E-state index in [1.807, 2.05) is 31.2 Å². The van der Waals surface area contributed by atoms with E-state index in [2.05, 4.69) is 17.4 Å². The number of nitrogens with one attached hydrogen (secondary N) is 1. The molecular formula is C17H18N2O2. The lowest BCUT2D eigenvalue weighted by Gasteiger charge is -2.34. The van der Waals surface area contributed by atoms with E-state index < -0.39 is 6.04 Å². The smallest absolute Gasteiger partial charge is 0.249 e. The topological polar surface area (TPSA) is 49.4 Å². The first-order valence-electron chi connectivity index (χ1n) is 7.21. The number of anilines is 1. The summed E-state index contributed by atoms with van der Waals surface area (Å²) in [5.74, 6) is -0.205. The quantitative estimate of drug-likeness (QED) is 0.918. The molecule has 0 aromatic heterocycles. The lowest BCUT2D eigenvalue weighted by Crippen LogP contribution is -2.52. The van der Waals surface area contributed by atoms with E-state index in [0.717, 1.165) is 22.0 Å². The molecule has 1 N–H and O–H groups in total. The molecular weight excluding hydrogens is 264 g/mol. The maximum Gasteiger partial charge on any atom is 0.249 e. The van der Waals surface area contributed by atoms with Gasteiger partial charge in [-0.3, -0.25) is 9.59 Å². The van der Waals surface area contributed by atoms with Gasteiger partial charge in [0.25, 0.3) is 0 Å². The highest BCUT2D eigenvalue weighted by Gasteiger charge is 2.33. The molecule has 1 aliphatic rings. The standard InChI is InChI=1S/C17H18N2O2/c1-3-19-16-9-8-12-6-4-5-7-13(12)14(16)10-15(17(19)21)18-11(2)20/h4-9,15H,3,10H2,1-2H3,(H,18,20). The number of fused-ring (bicyclic) bond motifs is 3. The summed E-state index contributed by atoms with van der Waals surface area (Å²) >= 11 is 0. The van der Waals surface area contributed by atoms with E-state index >= 15 is 0 Å². The molecule has 3 rings (SSSR count). The van der Waals surface area contributed by atoms with E-state index in [0.29, 0.717) is 13.0 Å². The zero-order chi connectivity index (χ0) is 15.0. The zero-order valence-corrected chi connectivity index (χ0v) is 12.2. The van der Waals surface area contributed by atoms with Crippen molar-refractivity contribution < 1.29 is 9.59 Å². The minimum atomic E-state index is -0.472. The lowest BCUT2D eigenvalue weighted by molar-refractivity contribution is -0.126. The summed E-state index contributed by atoms with van der Waals surface area (Å²) in [7, 11) is 0. The number of hydrogen-bond donors (Lipinski definition) is 1. The van der Waals surface area contributed by atoms with Crippen LogP contribution in [0.2, 0.25) is 0 Å². The highest BCUT2D eigenvalue weighted by atomic mass is 16.2. The summed E-state index contributed by atoms with van der Waals surface area (Å²) < 4.78 is 0. The average Bonchev–Trinajstić information content (AvgIpc) is 2.47. The number of rotatable bonds is 2. The number of nitrogens with zero attached hydrogens (tertiary/aromatic N) is 1. The highest BCUT2D eigenvalue weighted by Crippen LogP contribution is 2.33. The molecule has 4 heteroatoms. The van der Waals surface area contributed by atoms with Gasteiger partial charge in [-0.15, -0.1) is 0 Å². The van der Waals surface area contributed by atoms with Crippen LogP contribution in [0.15, 0.2) is 36.4 Å². The Morgan fingerprint density at radius 1 is 1.29 bits per heavy atom. The number of amides is 2. The Kier molecular flexibility index (Phi) is 3.37. The molecule has 4 nitrogen and oxygen atoms in total. The SMILES string of the molecule is CCN1C(=O)C(NC(C)=O)Cc2c1ccc1ccccc21. The van der Waals surface area contributed by atoms with Gasteiger partial charge >= 0.3 is 0 Å². The predicted octanol–water partition coefficient (Wildman–Crippen LogP) is 2.25. The molecule has 0 radical (unpaired) electrons. The second-order valence-corrected chi connectivity index (χ2v) is 5.32. The molecule has 0 aliphatic carbocycles. The van der Waals surface area contributed by atoms with Gasteiger partial charge < -0.3 is 10.2 Å². The summed E-state index contributed by atoms with van der Waals surface area (Å²) in [5, 5.41) is 5.08. The largest absolute Gasteiger partial charge is 0.344 e. The van der Waals surface area contributed by atoms with Crippen molar-refractivity contribution in [3.8, 4) is 0 Å². The lowest BCUT2D eigenvalue weighted by atomic mass is 9.92. The molecule has 2 amide bonds. The molecule has 0 spiro atoms. The van der Waals surface area contributed by atoms with Gasteiger partial charge in [0.1, 0.15) is 6.04 Å². The summed E-state index contributed by atoms with van der Waals surface area (Å²) in [6, 6.07) is 11.7. The second-order valence-electron chi connectivity index (χ2n) is 5.32. The van der Waals surface area contributed by atoms with Crippen LogP contribution in [-0.2, 0) is 16.0 Å². The molecule has 1 heterocycles. The van der Waals surface area contributed by atoms with Crippen LogP contribution in [-0.4, -0.2) is 24.4 Å². The fraction of sp³-hybridized carbons (Fsp3) is 0.294. The van der Waals surface area contributed by atoms with Crippen LogP contribution in [0.3, 0.4) is 0 Å². The maximum absolute atomic E-state index is 12.5. The van der Waals surface area contributed by atoms with Crippen LogP contribution < -0.4 is 10.2 Å². The van der Waals surface area contributed by atoms with Crippen LogP contribution in [0.5, 0.6) is 0 Å². The van der Waals surface area contributed by atoms with Crippen molar-refractivity contribution in [3.05, 3.63) is 42.0 Å². The van der Waals surface area contributed by atoms with Gasteiger partial charge in [0, 0.05) is 25.6 Å². The van der Waals surface area contributed by atoms with Crippen molar-refractivity contribution in [1.82, 2.24) is 5.32 Å². The molecule has 2 aromatic carbocycles. The third-order valence-corrected chi connectivity index (χ3v) is 3.97. The monoisotopic (exact) mass is 282 g/mol. The fourth-order valence-electron chi connectivity index (χ4n) is 3.07. The summed E-state index contributed by atoms with van der Waals surface area (Å²) in [6.07, 6.45) is 0.547. The Balaban J connectivity index is 2.16. The third-order valence-electron chi connectivity index (χ3n) is 3.97. The number of benzene rings is 2. The number of hydrogen-bond acceptors (Lipinski definition) is 2. The first-order chi connectivity index (χ1) is 10.1. The van der Waals surface area contributed by atoms with Crippen molar-refractivity contribution in [1.29, 1.82) is 0 Å². The Bertz CT molecular complexity index is 724. The van der Waals surface area contributed by atoms with Crippen molar-refractivity contribution >= 4 is 28.3 Å². The first kappa shape index (κ1) is 13.6. The summed E-state index contributed by atoms with van der Waals surface area (Å²) in [6.45, 7) is 4.00. The minimum Gasteiger partial charge on any atom is -0.344 e. The van der Waals surface area contributed by atoms with E-state index in [4.69, 9.17) is 0 Å². The molecule has 21 heavy (non-hydrogen) atoms. The van der Waals surface area contributed by atoms with Gasteiger partial charge in [-0.2, -0.15) is 0 Å². The van der Waals surface area contributed by atoms with Crippen LogP contribution in [0, 0.1) is 0 Å². The van der Waals surface area contributed by atoms with Gasteiger partial charge in [-0.25, -0.2) is 0 Å². The zero-order valence-electron chi connectivity index (χ0n) is 12.2. The molecule has 0 saturated carbocycles. The van der Waals surface area contributed by atoms with Crippen LogP contribution in [0.4, 0.5) is 5.69 Å². The summed E-state index contributed by atoms with van der Waals surface area (Å²) in [5.41, 5.74) is 2.09. The van der Waals surface area contributed by atoms with Crippen LogP contribution in [0.1, 0.15) is 19.4 Å². The van der Waals surface area contributed by atoms with Gasteiger partial charge in [0.15, 0.2) is 0 Å². The third kappa shape index (κ3) is 2.27. The molecule has 0 bridgehead atoms. The molecule has 0 saturated heterocycles. The van der Waals surface area contributed by atoms with Crippen LogP contribution >= 0.6 is 0 Å². The Morgan fingerprint density at radius 2 is 2.05 bits per heavy atom. The van der Waals surface area contributed by atoms with Gasteiger partial charge in [-0.1, -0.05) is 30.3 Å². The average molecular weight is 282 g/mol. The molecule has 1 aliphatic heterocycles. The number of carbonyl (C=O) groups is 2. The van der Waals surface area contributed by atoms with E-state index in [9.17, 15) is 9.59 Å². The molecule has 0 fully saturated rings. The molecule has 1 unspecified atom stereocenters. The second kappa shape index (κ2) is 5.20. The van der Waals surface area contributed by atoms with Gasteiger partial charge in [0.05, 0.1) is 0 Å². The van der Waals surface area contributed by atoms with E-state index in [1.165, 1.54) is 6.92 Å². The highest BCUT2D eigenvalue weighted by molar-refractivity contribution is 6.05. The number of carbonyl (C=O) groups excluding carboxylic acids is 2. The maximum atomic E-state index is 12.5.